The summed E-state index contributed by atoms with van der Waals surface area (Å²) in [6.45, 7) is 9.28. The third-order valence-electron chi connectivity index (χ3n) is 14.4. The van der Waals surface area contributed by atoms with Gasteiger partial charge in [-0.15, -0.1) is 0 Å². The van der Waals surface area contributed by atoms with E-state index in [1.807, 2.05) is 84.9 Å². The van der Waals surface area contributed by atoms with Crippen molar-refractivity contribution >= 4 is 43.9 Å². The fourth-order valence-corrected chi connectivity index (χ4v) is 11.4. The van der Waals surface area contributed by atoms with Crippen LogP contribution in [0.25, 0.3) is 76.8 Å². The molecular weight excluding hydrogens is 777 g/mol. The molecule has 304 valence electrons. The number of benzene rings is 10. The van der Waals surface area contributed by atoms with Gasteiger partial charge in [-0.1, -0.05) is 198 Å². The maximum Gasteiger partial charge on any atom is 0.193 e. The first-order chi connectivity index (χ1) is 31.1. The molecule has 10 aromatic carbocycles. The van der Waals surface area contributed by atoms with Crippen molar-refractivity contribution in [2.75, 3.05) is 0 Å². The molecule has 0 unspecified atom stereocenters. The maximum atomic E-state index is 14.7. The van der Waals surface area contributed by atoms with E-state index in [1.54, 1.807) is 0 Å². The van der Waals surface area contributed by atoms with Crippen molar-refractivity contribution in [2.45, 2.75) is 38.5 Å². The van der Waals surface area contributed by atoms with E-state index in [0.717, 1.165) is 54.9 Å². The lowest BCUT2D eigenvalue weighted by molar-refractivity contribution is 0.103. The Morgan fingerprint density at radius 2 is 0.688 bits per heavy atom. The molecule has 2 heteroatoms. The average Bonchev–Trinajstić information content (AvgIpc) is 3.73. The highest BCUT2D eigenvalue weighted by Gasteiger charge is 2.43. The summed E-state index contributed by atoms with van der Waals surface area (Å²) in [6, 6.07) is 67.1. The molecule has 0 saturated heterocycles. The summed E-state index contributed by atoms with van der Waals surface area (Å²) in [5, 5.41) is 6.58. The number of rotatable bonds is 6. The van der Waals surface area contributed by atoms with Crippen LogP contribution in [0.15, 0.2) is 194 Å². The minimum atomic E-state index is -0.403. The summed E-state index contributed by atoms with van der Waals surface area (Å²) in [5.74, 6) is 0.0550. The Bertz CT molecular complexity index is 3390. The van der Waals surface area contributed by atoms with Gasteiger partial charge in [0.25, 0.3) is 0 Å². The van der Waals surface area contributed by atoms with Crippen molar-refractivity contribution in [1.29, 1.82) is 0 Å². The Labute approximate surface area is 373 Å². The van der Waals surface area contributed by atoms with Crippen LogP contribution in [0.5, 0.6) is 0 Å². The van der Waals surface area contributed by atoms with Crippen molar-refractivity contribution < 1.29 is 9.59 Å². The molecule has 0 radical (unpaired) electrons. The van der Waals surface area contributed by atoms with Gasteiger partial charge < -0.3 is 0 Å². The van der Waals surface area contributed by atoms with Crippen LogP contribution in [0.4, 0.5) is 0 Å². The number of hydrogen-bond acceptors (Lipinski definition) is 2. The molecule has 0 heterocycles. The summed E-state index contributed by atoms with van der Waals surface area (Å²) in [7, 11) is 0. The van der Waals surface area contributed by atoms with E-state index >= 15 is 0 Å². The summed E-state index contributed by atoms with van der Waals surface area (Å²) < 4.78 is 0. The lowest BCUT2D eigenvalue weighted by Crippen LogP contribution is -2.18. The van der Waals surface area contributed by atoms with Gasteiger partial charge in [-0.2, -0.15) is 0 Å². The monoisotopic (exact) mass is 820 g/mol. The van der Waals surface area contributed by atoms with Gasteiger partial charge in [0.1, 0.15) is 0 Å². The van der Waals surface area contributed by atoms with Crippen LogP contribution in [-0.2, 0) is 10.8 Å². The van der Waals surface area contributed by atoms with Crippen molar-refractivity contribution in [2.24, 2.45) is 0 Å². The highest BCUT2D eigenvalue weighted by molar-refractivity contribution is 6.22. The third kappa shape index (κ3) is 5.45. The van der Waals surface area contributed by atoms with Crippen LogP contribution >= 0.6 is 0 Å². The van der Waals surface area contributed by atoms with Crippen LogP contribution in [-0.4, -0.2) is 11.6 Å². The summed E-state index contributed by atoms with van der Waals surface area (Å²) >= 11 is 0. The molecule has 0 bridgehead atoms. The van der Waals surface area contributed by atoms with Crippen LogP contribution in [0.2, 0.25) is 0 Å². The molecule has 0 atom stereocenters. The predicted molar refractivity (Wildman–Crippen MR) is 265 cm³/mol. The summed E-state index contributed by atoms with van der Waals surface area (Å²) in [5.41, 5.74) is 16.0. The fourth-order valence-electron chi connectivity index (χ4n) is 11.4. The lowest BCUT2D eigenvalue weighted by atomic mass is 9.76. The molecule has 2 nitrogen and oxygen atoms in total. The van der Waals surface area contributed by atoms with Crippen molar-refractivity contribution in [3.8, 4) is 44.5 Å². The maximum absolute atomic E-state index is 14.7. The van der Waals surface area contributed by atoms with E-state index in [1.165, 1.54) is 55.3 Å². The first kappa shape index (κ1) is 38.0. The normalized spacial score (nSPS) is 14.0. The number of fused-ring (bicyclic) bond motifs is 13. The molecule has 2 aliphatic carbocycles. The molecule has 12 rings (SSSR count). The van der Waals surface area contributed by atoms with Gasteiger partial charge in [-0.05, 0) is 123 Å². The Hall–Kier alpha value is -7.68. The quantitative estimate of drug-likeness (QED) is 0.157. The minimum Gasteiger partial charge on any atom is -0.289 e. The number of carbonyl (C=O) groups excluding carboxylic acids is 2. The molecule has 0 aliphatic heterocycles. The number of ketones is 2. The molecule has 0 fully saturated rings. The zero-order valence-corrected chi connectivity index (χ0v) is 36.3. The molecule has 0 spiro atoms. The van der Waals surface area contributed by atoms with E-state index in [9.17, 15) is 9.59 Å². The van der Waals surface area contributed by atoms with E-state index in [2.05, 4.69) is 137 Å². The Kier molecular flexibility index (Phi) is 8.27. The zero-order valence-electron chi connectivity index (χ0n) is 36.3. The summed E-state index contributed by atoms with van der Waals surface area (Å²) in [4.78, 5) is 29.5. The molecule has 0 amide bonds. The largest absolute Gasteiger partial charge is 0.289 e. The van der Waals surface area contributed by atoms with E-state index in [-0.39, 0.29) is 11.6 Å². The topological polar surface area (TPSA) is 34.1 Å². The van der Waals surface area contributed by atoms with Gasteiger partial charge in [0, 0.05) is 33.1 Å². The Morgan fingerprint density at radius 1 is 0.328 bits per heavy atom. The minimum absolute atomic E-state index is 0.0275. The number of hydrogen-bond donors (Lipinski definition) is 0. The molecule has 0 aromatic heterocycles. The van der Waals surface area contributed by atoms with Gasteiger partial charge >= 0.3 is 0 Å². The standard InChI is InChI=1S/C62H44O2/c1-61(2)53-35-51(59(63)41-23-15-21-39(33-41)37-17-7-5-8-18-37)43-25-11-13-27-45(43)55(53)49-31-30-48-47(57(49)61)29-32-50-56-46-28-14-12-26-44(46)52(36-54(56)62(3,4)58(48)50)60(64)42-24-16-22-40(34-42)38-19-9-6-10-20-38/h5-36H,1-4H3. The fraction of sp³-hybridized carbons (Fsp3) is 0.0968. The van der Waals surface area contributed by atoms with Crippen molar-refractivity contribution in [1.82, 2.24) is 0 Å². The second kappa shape index (κ2) is 13.9. The first-order valence-electron chi connectivity index (χ1n) is 22.3. The van der Waals surface area contributed by atoms with Crippen molar-refractivity contribution in [3.05, 3.63) is 239 Å². The molecule has 2 aliphatic rings. The van der Waals surface area contributed by atoms with E-state index in [0.29, 0.717) is 11.1 Å². The smallest absolute Gasteiger partial charge is 0.193 e. The highest BCUT2D eigenvalue weighted by Crippen LogP contribution is 2.59. The lowest BCUT2D eigenvalue weighted by Gasteiger charge is -2.27. The number of carbonyl (C=O) groups is 2. The zero-order chi connectivity index (χ0) is 43.5. The average molecular weight is 821 g/mol. The molecule has 0 saturated carbocycles. The molecule has 64 heavy (non-hydrogen) atoms. The Morgan fingerprint density at radius 3 is 1.09 bits per heavy atom. The van der Waals surface area contributed by atoms with Crippen LogP contribution in [0.3, 0.4) is 0 Å². The highest BCUT2D eigenvalue weighted by atomic mass is 16.1. The van der Waals surface area contributed by atoms with Gasteiger partial charge in [0.2, 0.25) is 0 Å². The van der Waals surface area contributed by atoms with Crippen molar-refractivity contribution in [3.63, 3.8) is 0 Å². The second-order valence-electron chi connectivity index (χ2n) is 18.7. The van der Waals surface area contributed by atoms with Gasteiger partial charge in [-0.25, -0.2) is 0 Å². The predicted octanol–water partition coefficient (Wildman–Crippen LogP) is 15.6. The molecule has 10 aromatic rings. The first-order valence-corrected chi connectivity index (χ1v) is 22.3. The molecule has 0 N–H and O–H groups in total. The van der Waals surface area contributed by atoms with Gasteiger partial charge in [-0.3, -0.25) is 9.59 Å². The SMILES string of the molecule is CC1(C)c2cc(C(=O)c3cccc(-c4ccccc4)c3)c3ccccc3c2-c2ccc3c4c(ccc3c21)-c1c(cc(C(=O)c2cccc(-c3ccccc3)c2)c2ccccc12)C4(C)C. The van der Waals surface area contributed by atoms with E-state index in [4.69, 9.17) is 0 Å². The van der Waals surface area contributed by atoms with Crippen LogP contribution < -0.4 is 0 Å². The Balaban J connectivity index is 1.00. The van der Waals surface area contributed by atoms with Crippen LogP contribution in [0, 0.1) is 0 Å². The summed E-state index contributed by atoms with van der Waals surface area (Å²) in [6.07, 6.45) is 0. The van der Waals surface area contributed by atoms with Gasteiger partial charge in [0.05, 0.1) is 0 Å². The molecular formula is C62H44O2. The van der Waals surface area contributed by atoms with E-state index < -0.39 is 10.8 Å². The van der Waals surface area contributed by atoms with Crippen LogP contribution in [0.1, 0.15) is 81.8 Å². The van der Waals surface area contributed by atoms with Gasteiger partial charge in [0.15, 0.2) is 11.6 Å². The second-order valence-corrected chi connectivity index (χ2v) is 18.7. The third-order valence-corrected chi connectivity index (χ3v) is 14.4.